The van der Waals surface area contributed by atoms with Gasteiger partial charge in [-0.1, -0.05) is 18.2 Å². The van der Waals surface area contributed by atoms with Gasteiger partial charge in [-0.15, -0.1) is 0 Å². The second-order valence-corrected chi connectivity index (χ2v) is 7.88. The molecule has 0 atom stereocenters. The summed E-state index contributed by atoms with van der Waals surface area (Å²) in [7, 11) is -2.89. The molecule has 0 aliphatic rings. The van der Waals surface area contributed by atoms with E-state index in [4.69, 9.17) is 0 Å². The van der Waals surface area contributed by atoms with Crippen molar-refractivity contribution in [3.63, 3.8) is 0 Å². The van der Waals surface area contributed by atoms with Crippen molar-refractivity contribution in [1.82, 2.24) is 9.78 Å². The zero-order chi connectivity index (χ0) is 13.9. The predicted molar refractivity (Wildman–Crippen MR) is 84.7 cm³/mol. The van der Waals surface area contributed by atoms with Crippen molar-refractivity contribution in [3.05, 3.63) is 40.2 Å². The summed E-state index contributed by atoms with van der Waals surface area (Å²) in [5.41, 5.74) is 2.21. The third kappa shape index (κ3) is 4.31. The first kappa shape index (κ1) is 14.5. The summed E-state index contributed by atoms with van der Waals surface area (Å²) in [4.78, 5) is 0. The molecule has 0 radical (unpaired) electrons. The molecule has 0 saturated carbocycles. The van der Waals surface area contributed by atoms with E-state index in [2.05, 4.69) is 39.8 Å². The molecule has 2 aromatic rings. The molecule has 0 fully saturated rings. The summed E-state index contributed by atoms with van der Waals surface area (Å²) < 4.78 is 25.1. The van der Waals surface area contributed by atoms with E-state index in [1.165, 1.54) is 9.83 Å². The van der Waals surface area contributed by atoms with Gasteiger partial charge in [-0.05, 0) is 40.6 Å². The fourth-order valence-corrected chi connectivity index (χ4v) is 3.16. The van der Waals surface area contributed by atoms with Gasteiger partial charge in [0.15, 0.2) is 0 Å². The van der Waals surface area contributed by atoms with Crippen LogP contribution in [0.15, 0.2) is 36.7 Å². The Labute approximate surface area is 126 Å². The van der Waals surface area contributed by atoms with Crippen LogP contribution < -0.4 is 0 Å². The first-order valence-electron chi connectivity index (χ1n) is 5.91. The molecule has 102 valence electrons. The van der Waals surface area contributed by atoms with Crippen LogP contribution in [0.5, 0.6) is 0 Å². The van der Waals surface area contributed by atoms with Gasteiger partial charge in [0, 0.05) is 28.1 Å². The van der Waals surface area contributed by atoms with Crippen molar-refractivity contribution in [2.24, 2.45) is 0 Å². The van der Waals surface area contributed by atoms with E-state index < -0.39 is 9.84 Å². The standard InChI is InChI=1S/C13H15IN2O2S/c1-19(17,18)8-4-7-16-10-11(9-15-16)12-5-2-3-6-13(12)14/h2-3,5-6,9-10H,4,7-8H2,1H3. The van der Waals surface area contributed by atoms with Crippen LogP contribution in [0.25, 0.3) is 11.1 Å². The smallest absolute Gasteiger partial charge is 0.147 e. The van der Waals surface area contributed by atoms with E-state index in [0.29, 0.717) is 13.0 Å². The molecule has 19 heavy (non-hydrogen) atoms. The Morgan fingerprint density at radius 2 is 2.05 bits per heavy atom. The quantitative estimate of drug-likeness (QED) is 0.738. The van der Waals surface area contributed by atoms with E-state index in [1.807, 2.05) is 24.5 Å². The van der Waals surface area contributed by atoms with Gasteiger partial charge < -0.3 is 0 Å². The molecular formula is C13H15IN2O2S. The van der Waals surface area contributed by atoms with Crippen molar-refractivity contribution in [2.75, 3.05) is 12.0 Å². The number of halogens is 1. The Hall–Kier alpha value is -0.890. The van der Waals surface area contributed by atoms with Gasteiger partial charge in [0.25, 0.3) is 0 Å². The van der Waals surface area contributed by atoms with Crippen LogP contribution in [0.2, 0.25) is 0 Å². The first-order valence-corrected chi connectivity index (χ1v) is 9.05. The molecule has 0 spiro atoms. The minimum absolute atomic E-state index is 0.199. The van der Waals surface area contributed by atoms with Gasteiger partial charge in [-0.2, -0.15) is 5.10 Å². The van der Waals surface area contributed by atoms with Gasteiger partial charge in [0.2, 0.25) is 0 Å². The highest BCUT2D eigenvalue weighted by Crippen LogP contribution is 2.24. The topological polar surface area (TPSA) is 52.0 Å². The summed E-state index contributed by atoms with van der Waals surface area (Å²) in [6, 6.07) is 8.11. The molecule has 0 saturated heterocycles. The Kier molecular flexibility index (Phi) is 4.62. The molecule has 1 heterocycles. The number of aromatic nitrogens is 2. The van der Waals surface area contributed by atoms with Crippen LogP contribution >= 0.6 is 22.6 Å². The van der Waals surface area contributed by atoms with Crippen molar-refractivity contribution in [3.8, 4) is 11.1 Å². The monoisotopic (exact) mass is 390 g/mol. The molecule has 0 aliphatic carbocycles. The average Bonchev–Trinajstić information content (AvgIpc) is 2.76. The Morgan fingerprint density at radius 1 is 1.32 bits per heavy atom. The van der Waals surface area contributed by atoms with Crippen molar-refractivity contribution < 1.29 is 8.42 Å². The number of rotatable bonds is 5. The number of nitrogens with zero attached hydrogens (tertiary/aromatic N) is 2. The first-order chi connectivity index (χ1) is 8.96. The van der Waals surface area contributed by atoms with E-state index >= 15 is 0 Å². The Balaban J connectivity index is 2.06. The zero-order valence-electron chi connectivity index (χ0n) is 10.6. The lowest BCUT2D eigenvalue weighted by molar-refractivity contribution is 0.576. The van der Waals surface area contributed by atoms with E-state index in [1.54, 1.807) is 4.68 Å². The molecular weight excluding hydrogens is 375 g/mol. The van der Waals surface area contributed by atoms with Gasteiger partial charge in [0.1, 0.15) is 9.84 Å². The van der Waals surface area contributed by atoms with Crippen LogP contribution in [0, 0.1) is 3.57 Å². The van der Waals surface area contributed by atoms with Crippen LogP contribution in [0.3, 0.4) is 0 Å². The third-order valence-electron chi connectivity index (χ3n) is 2.72. The second-order valence-electron chi connectivity index (χ2n) is 4.46. The molecule has 4 nitrogen and oxygen atoms in total. The maximum atomic E-state index is 11.1. The Bertz CT molecular complexity index is 665. The highest BCUT2D eigenvalue weighted by molar-refractivity contribution is 14.1. The molecule has 0 bridgehead atoms. The minimum Gasteiger partial charge on any atom is -0.272 e. The number of hydrogen-bond acceptors (Lipinski definition) is 3. The van der Waals surface area contributed by atoms with E-state index in [0.717, 1.165) is 11.1 Å². The zero-order valence-corrected chi connectivity index (χ0v) is 13.6. The molecule has 1 aromatic carbocycles. The lowest BCUT2D eigenvalue weighted by atomic mass is 10.1. The van der Waals surface area contributed by atoms with Gasteiger partial charge in [0.05, 0.1) is 11.9 Å². The predicted octanol–water partition coefficient (Wildman–Crippen LogP) is 2.59. The van der Waals surface area contributed by atoms with Gasteiger partial charge in [-0.3, -0.25) is 4.68 Å². The fraction of sp³-hybridized carbons (Fsp3) is 0.308. The van der Waals surface area contributed by atoms with Gasteiger partial charge in [-0.25, -0.2) is 8.42 Å². The molecule has 0 amide bonds. The highest BCUT2D eigenvalue weighted by atomic mass is 127. The van der Waals surface area contributed by atoms with Crippen molar-refractivity contribution in [1.29, 1.82) is 0 Å². The number of sulfone groups is 1. The fourth-order valence-electron chi connectivity index (χ4n) is 1.81. The number of aryl methyl sites for hydroxylation is 1. The van der Waals surface area contributed by atoms with E-state index in [-0.39, 0.29) is 5.75 Å². The summed E-state index contributed by atoms with van der Waals surface area (Å²) in [6.45, 7) is 0.622. The normalized spacial score (nSPS) is 11.7. The maximum Gasteiger partial charge on any atom is 0.147 e. The molecule has 0 unspecified atom stereocenters. The SMILES string of the molecule is CS(=O)(=O)CCCn1cc(-c2ccccc2I)cn1. The Morgan fingerprint density at radius 3 is 2.74 bits per heavy atom. The van der Waals surface area contributed by atoms with Crippen molar-refractivity contribution >= 4 is 32.4 Å². The third-order valence-corrected chi connectivity index (χ3v) is 4.69. The largest absolute Gasteiger partial charge is 0.272 e. The molecule has 1 aromatic heterocycles. The molecule has 0 aliphatic heterocycles. The van der Waals surface area contributed by atoms with Gasteiger partial charge >= 0.3 is 0 Å². The molecule has 2 rings (SSSR count). The van der Waals surface area contributed by atoms with Crippen LogP contribution in [-0.4, -0.2) is 30.2 Å². The number of benzene rings is 1. The van der Waals surface area contributed by atoms with Crippen LogP contribution in [0.1, 0.15) is 6.42 Å². The van der Waals surface area contributed by atoms with Crippen LogP contribution in [0.4, 0.5) is 0 Å². The average molecular weight is 390 g/mol. The van der Waals surface area contributed by atoms with Crippen molar-refractivity contribution in [2.45, 2.75) is 13.0 Å². The highest BCUT2D eigenvalue weighted by Gasteiger charge is 2.06. The number of hydrogen-bond donors (Lipinski definition) is 0. The summed E-state index contributed by atoms with van der Waals surface area (Å²) in [6.07, 6.45) is 5.62. The minimum atomic E-state index is -2.89. The van der Waals surface area contributed by atoms with Crippen LogP contribution in [-0.2, 0) is 16.4 Å². The summed E-state index contributed by atoms with van der Waals surface area (Å²) in [5, 5.41) is 4.27. The lowest BCUT2D eigenvalue weighted by Crippen LogP contribution is -2.07. The second kappa shape index (κ2) is 6.04. The lowest BCUT2D eigenvalue weighted by Gasteiger charge is -2.01. The summed E-state index contributed by atoms with van der Waals surface area (Å²) in [5.74, 6) is 0.199. The van der Waals surface area contributed by atoms with E-state index in [9.17, 15) is 8.42 Å². The summed E-state index contributed by atoms with van der Waals surface area (Å²) >= 11 is 2.30. The molecule has 0 N–H and O–H groups in total. The maximum absolute atomic E-state index is 11.1. The molecule has 6 heteroatoms.